The average Bonchev–Trinajstić information content (AvgIpc) is 2.68. The number of amides is 1. The Kier molecular flexibility index (Phi) is 4.61. The van der Waals surface area contributed by atoms with Crippen LogP contribution in [0.4, 0.5) is 5.69 Å². The highest BCUT2D eigenvalue weighted by Gasteiger charge is 2.35. The first-order chi connectivity index (χ1) is 12.9. The van der Waals surface area contributed by atoms with Crippen molar-refractivity contribution >= 4 is 21.6 Å². The summed E-state index contributed by atoms with van der Waals surface area (Å²) in [6.45, 7) is 3.08. The number of pyridine rings is 1. The van der Waals surface area contributed by atoms with Crippen LogP contribution in [0.2, 0.25) is 0 Å². The van der Waals surface area contributed by atoms with Gasteiger partial charge in [-0.2, -0.15) is 4.72 Å². The highest BCUT2D eigenvalue weighted by atomic mass is 32.2. The Labute approximate surface area is 158 Å². The number of para-hydroxylation sites is 1. The first-order valence-corrected chi connectivity index (χ1v) is 10.5. The molecule has 27 heavy (non-hydrogen) atoms. The Morgan fingerprint density at radius 1 is 1.15 bits per heavy atom. The zero-order valence-electron chi connectivity index (χ0n) is 15.1. The number of likely N-dealkylation sites (tertiary alicyclic amines) is 1. The Balaban J connectivity index is 1.43. The third-order valence-corrected chi connectivity index (χ3v) is 6.73. The van der Waals surface area contributed by atoms with Crippen molar-refractivity contribution in [2.75, 3.05) is 18.4 Å². The van der Waals surface area contributed by atoms with E-state index in [-0.39, 0.29) is 22.9 Å². The van der Waals surface area contributed by atoms with E-state index in [0.717, 1.165) is 18.5 Å². The summed E-state index contributed by atoms with van der Waals surface area (Å²) in [5, 5.41) is 3.30. The molecule has 0 saturated carbocycles. The summed E-state index contributed by atoms with van der Waals surface area (Å²) < 4.78 is 27.7. The summed E-state index contributed by atoms with van der Waals surface area (Å²) in [5.41, 5.74) is 2.09. The van der Waals surface area contributed by atoms with E-state index < -0.39 is 10.0 Å². The van der Waals surface area contributed by atoms with Gasteiger partial charge in [-0.3, -0.25) is 9.78 Å². The van der Waals surface area contributed by atoms with Gasteiger partial charge < -0.3 is 10.2 Å². The van der Waals surface area contributed by atoms with Crippen LogP contribution in [0.15, 0.2) is 47.5 Å². The number of hydrogen-bond acceptors (Lipinski definition) is 5. The lowest BCUT2D eigenvalue weighted by Gasteiger charge is -2.38. The molecule has 8 heteroatoms. The predicted octanol–water partition coefficient (Wildman–Crippen LogP) is 1.97. The molecule has 1 saturated heterocycles. The largest absolute Gasteiger partial charge is 0.368 e. The first kappa shape index (κ1) is 17.9. The number of nitrogens with one attached hydrogen (secondary N) is 2. The van der Waals surface area contributed by atoms with Crippen molar-refractivity contribution in [2.45, 2.75) is 30.8 Å². The fourth-order valence-corrected chi connectivity index (χ4v) is 5.06. The Hall–Kier alpha value is -2.45. The number of fused-ring (bicyclic) bond motifs is 1. The molecule has 0 aliphatic carbocycles. The van der Waals surface area contributed by atoms with Gasteiger partial charge in [-0.15, -0.1) is 0 Å². The molecular formula is C19H22N4O3S. The second kappa shape index (κ2) is 6.94. The molecule has 142 valence electrons. The summed E-state index contributed by atoms with van der Waals surface area (Å²) in [6, 6.07) is 10.5. The number of carbonyl (C=O) groups excluding carboxylic acids is 1. The van der Waals surface area contributed by atoms with Crippen LogP contribution < -0.4 is 10.0 Å². The van der Waals surface area contributed by atoms with E-state index in [1.807, 2.05) is 24.0 Å². The van der Waals surface area contributed by atoms with Crippen molar-refractivity contribution in [2.24, 2.45) is 5.92 Å². The third kappa shape index (κ3) is 3.54. The van der Waals surface area contributed by atoms with Crippen LogP contribution in [-0.4, -0.2) is 43.5 Å². The zero-order chi connectivity index (χ0) is 19.0. The maximum absolute atomic E-state index is 12.6. The Bertz CT molecular complexity index is 951. The summed E-state index contributed by atoms with van der Waals surface area (Å²) in [4.78, 5) is 18.9. The molecule has 1 aromatic heterocycles. The summed E-state index contributed by atoms with van der Waals surface area (Å²) >= 11 is 0. The van der Waals surface area contributed by atoms with E-state index >= 15 is 0 Å². The van der Waals surface area contributed by atoms with Crippen LogP contribution in [0.1, 0.15) is 28.9 Å². The maximum Gasteiger partial charge on any atom is 0.255 e. The lowest BCUT2D eigenvalue weighted by atomic mass is 9.93. The number of piperidine rings is 1. The van der Waals surface area contributed by atoms with Crippen molar-refractivity contribution in [3.8, 4) is 0 Å². The molecule has 2 N–H and O–H groups in total. The van der Waals surface area contributed by atoms with Crippen molar-refractivity contribution in [3.63, 3.8) is 0 Å². The molecule has 0 radical (unpaired) electrons. The summed E-state index contributed by atoms with van der Waals surface area (Å²) in [5.74, 6) is 0.0943. The van der Waals surface area contributed by atoms with Gasteiger partial charge in [0.2, 0.25) is 10.0 Å². The fraction of sp³-hybridized carbons (Fsp3) is 0.368. The lowest BCUT2D eigenvalue weighted by molar-refractivity contribution is 0.0679. The highest BCUT2D eigenvalue weighted by Crippen LogP contribution is 2.30. The van der Waals surface area contributed by atoms with E-state index in [0.29, 0.717) is 24.3 Å². The van der Waals surface area contributed by atoms with E-state index in [2.05, 4.69) is 15.0 Å². The third-order valence-electron chi connectivity index (χ3n) is 5.23. The molecule has 2 aliphatic rings. The molecule has 1 amide bonds. The summed E-state index contributed by atoms with van der Waals surface area (Å²) in [6.07, 6.45) is 2.71. The predicted molar refractivity (Wildman–Crippen MR) is 102 cm³/mol. The maximum atomic E-state index is 12.6. The van der Waals surface area contributed by atoms with E-state index in [1.54, 1.807) is 30.5 Å². The van der Waals surface area contributed by atoms with Crippen LogP contribution in [0, 0.1) is 12.8 Å². The normalized spacial score (nSPS) is 22.0. The van der Waals surface area contributed by atoms with Crippen molar-refractivity contribution < 1.29 is 13.2 Å². The molecule has 2 aliphatic heterocycles. The van der Waals surface area contributed by atoms with Gasteiger partial charge >= 0.3 is 0 Å². The molecule has 4 rings (SSSR count). The number of sulfonamides is 1. The first-order valence-electron chi connectivity index (χ1n) is 9.04. The number of carbonyl (C=O) groups is 1. The minimum atomic E-state index is -3.52. The Morgan fingerprint density at radius 2 is 1.89 bits per heavy atom. The van der Waals surface area contributed by atoms with E-state index in [9.17, 15) is 13.2 Å². The fourth-order valence-electron chi connectivity index (χ4n) is 3.67. The van der Waals surface area contributed by atoms with E-state index in [1.165, 1.54) is 0 Å². The molecule has 0 spiro atoms. The van der Waals surface area contributed by atoms with Gasteiger partial charge in [0.05, 0.1) is 17.4 Å². The number of aryl methyl sites for hydroxylation is 1. The average molecular weight is 386 g/mol. The highest BCUT2D eigenvalue weighted by molar-refractivity contribution is 7.89. The molecule has 1 fully saturated rings. The molecule has 2 aromatic rings. The van der Waals surface area contributed by atoms with Gasteiger partial charge in [0.25, 0.3) is 5.91 Å². The number of benzene rings is 1. The quantitative estimate of drug-likeness (QED) is 0.823. The van der Waals surface area contributed by atoms with Gasteiger partial charge in [0, 0.05) is 25.0 Å². The lowest BCUT2D eigenvalue weighted by Crippen LogP contribution is -2.52. The number of aromatic nitrogens is 1. The standard InChI is InChI=1S/C19H22N4O3S/c1-13-6-7-15(12-20-13)19(24)23-10-8-14(9-11-23)18-21-16-4-2-3-5-17(16)27(25,26)22-18/h2-7,12,14,18,21-22H,8-11H2,1H3. The molecular weight excluding hydrogens is 364 g/mol. The SMILES string of the molecule is Cc1ccc(C(=O)N2CCC(C3Nc4ccccc4S(=O)(=O)N3)CC2)cn1. The Morgan fingerprint density at radius 3 is 2.59 bits per heavy atom. The minimum Gasteiger partial charge on any atom is -0.368 e. The van der Waals surface area contributed by atoms with Gasteiger partial charge in [-0.25, -0.2) is 8.42 Å². The second-order valence-corrected chi connectivity index (χ2v) is 8.74. The van der Waals surface area contributed by atoms with Crippen molar-refractivity contribution in [3.05, 3.63) is 53.9 Å². The number of rotatable bonds is 2. The van der Waals surface area contributed by atoms with Gasteiger partial charge in [0.15, 0.2) is 0 Å². The van der Waals surface area contributed by atoms with Crippen molar-refractivity contribution in [1.82, 2.24) is 14.6 Å². The smallest absolute Gasteiger partial charge is 0.255 e. The zero-order valence-corrected chi connectivity index (χ0v) is 15.9. The molecule has 7 nitrogen and oxygen atoms in total. The molecule has 0 bridgehead atoms. The molecule has 1 atom stereocenters. The topological polar surface area (TPSA) is 91.4 Å². The van der Waals surface area contributed by atoms with Gasteiger partial charge in [-0.1, -0.05) is 12.1 Å². The van der Waals surface area contributed by atoms with Crippen LogP contribution in [0.5, 0.6) is 0 Å². The van der Waals surface area contributed by atoms with Crippen LogP contribution in [-0.2, 0) is 10.0 Å². The van der Waals surface area contributed by atoms with Crippen LogP contribution >= 0.6 is 0 Å². The number of nitrogens with zero attached hydrogens (tertiary/aromatic N) is 2. The minimum absolute atomic E-state index is 0.0246. The van der Waals surface area contributed by atoms with E-state index in [4.69, 9.17) is 0 Å². The monoisotopic (exact) mass is 386 g/mol. The van der Waals surface area contributed by atoms with Crippen LogP contribution in [0.25, 0.3) is 0 Å². The van der Waals surface area contributed by atoms with Crippen molar-refractivity contribution in [1.29, 1.82) is 0 Å². The van der Waals surface area contributed by atoms with Gasteiger partial charge in [0.1, 0.15) is 4.90 Å². The molecule has 3 heterocycles. The molecule has 1 aromatic carbocycles. The molecule has 1 unspecified atom stereocenters. The number of hydrogen-bond donors (Lipinski definition) is 2. The van der Waals surface area contributed by atoms with Gasteiger partial charge in [-0.05, 0) is 49.9 Å². The number of anilines is 1. The van der Waals surface area contributed by atoms with Crippen LogP contribution in [0.3, 0.4) is 0 Å². The second-order valence-electron chi connectivity index (χ2n) is 7.06. The summed E-state index contributed by atoms with van der Waals surface area (Å²) in [7, 11) is -3.52.